The van der Waals surface area contributed by atoms with E-state index in [0.717, 1.165) is 43.5 Å². The Morgan fingerprint density at radius 2 is 1.77 bits per heavy atom. The van der Waals surface area contributed by atoms with Crippen LogP contribution in [0.15, 0.2) is 24.8 Å². The number of nitrogens with zero attached hydrogens (tertiary/aromatic N) is 6. The summed E-state index contributed by atoms with van der Waals surface area (Å²) in [5.41, 5.74) is 1.58. The molecular weight excluding hydrogens is 304 g/mol. The smallest absolute Gasteiger partial charge is 0.306 e. The summed E-state index contributed by atoms with van der Waals surface area (Å²) in [4.78, 5) is 27.6. The van der Waals surface area contributed by atoms with E-state index in [1.807, 2.05) is 6.07 Å². The van der Waals surface area contributed by atoms with Crippen molar-refractivity contribution >= 4 is 34.5 Å². The van der Waals surface area contributed by atoms with Crippen LogP contribution < -0.4 is 14.8 Å². The van der Waals surface area contributed by atoms with Gasteiger partial charge in [0.15, 0.2) is 12.1 Å². The lowest BCUT2D eigenvalue weighted by atomic mass is 10.3. The van der Waals surface area contributed by atoms with Gasteiger partial charge < -0.3 is 9.80 Å². The third-order valence-corrected chi connectivity index (χ3v) is 3.87. The number of piperazine rings is 1. The second kappa shape index (κ2) is 5.38. The standard InChI is InChI=1S/C13H13ClN8/c14-12-19-10-9(17-8-18-10)11(20-12)21-4-6-22(7-5-21)13-15-2-1-3-16-13/h1-3,8H,4-7H2,(H,17,18,19,20)/p+1. The second-order valence-electron chi connectivity index (χ2n) is 5.00. The van der Waals surface area contributed by atoms with Crippen LogP contribution in [0.25, 0.3) is 11.2 Å². The molecule has 0 radical (unpaired) electrons. The molecule has 0 aromatic carbocycles. The Balaban J connectivity index is 1.57. The Kier molecular flexibility index (Phi) is 3.23. The van der Waals surface area contributed by atoms with Crippen molar-refractivity contribution in [1.82, 2.24) is 24.9 Å². The zero-order chi connectivity index (χ0) is 14.9. The third-order valence-electron chi connectivity index (χ3n) is 3.70. The van der Waals surface area contributed by atoms with E-state index in [2.05, 4.69) is 39.7 Å². The summed E-state index contributed by atoms with van der Waals surface area (Å²) in [7, 11) is 0. The van der Waals surface area contributed by atoms with Gasteiger partial charge in [-0.25, -0.2) is 15.0 Å². The monoisotopic (exact) mass is 317 g/mol. The highest BCUT2D eigenvalue weighted by Crippen LogP contribution is 2.23. The predicted octanol–water partition coefficient (Wildman–Crippen LogP) is 0.542. The quantitative estimate of drug-likeness (QED) is 0.694. The fourth-order valence-electron chi connectivity index (χ4n) is 2.64. The van der Waals surface area contributed by atoms with Crippen LogP contribution >= 0.6 is 11.6 Å². The SMILES string of the molecule is Clc1nc(N2CCN(c3ncccn3)CC2)c2[nH]c[nH+]c2n1. The summed E-state index contributed by atoms with van der Waals surface area (Å²) in [6, 6.07) is 1.82. The molecule has 0 spiro atoms. The number of hydrogen-bond acceptors (Lipinski definition) is 6. The first kappa shape index (κ1) is 13.2. The first-order valence-corrected chi connectivity index (χ1v) is 7.38. The molecule has 4 rings (SSSR count). The third kappa shape index (κ3) is 2.31. The van der Waals surface area contributed by atoms with Crippen molar-refractivity contribution in [3.05, 3.63) is 30.1 Å². The van der Waals surface area contributed by atoms with Crippen molar-refractivity contribution in [2.24, 2.45) is 0 Å². The lowest BCUT2D eigenvalue weighted by Crippen LogP contribution is -2.47. The first-order valence-electron chi connectivity index (χ1n) is 7.00. The molecule has 8 nitrogen and oxygen atoms in total. The highest BCUT2D eigenvalue weighted by atomic mass is 35.5. The normalized spacial score (nSPS) is 15.5. The fourth-order valence-corrected chi connectivity index (χ4v) is 2.80. The maximum Gasteiger partial charge on any atom is 0.306 e. The van der Waals surface area contributed by atoms with Crippen molar-refractivity contribution in [2.45, 2.75) is 0 Å². The van der Waals surface area contributed by atoms with E-state index in [1.165, 1.54) is 0 Å². The molecule has 0 aliphatic carbocycles. The second-order valence-corrected chi connectivity index (χ2v) is 5.33. The molecular formula is C13H14ClN8+. The van der Waals surface area contributed by atoms with E-state index in [4.69, 9.17) is 11.6 Å². The van der Waals surface area contributed by atoms with Gasteiger partial charge in [0, 0.05) is 38.6 Å². The number of rotatable bonds is 2. The fraction of sp³-hybridized carbons (Fsp3) is 0.308. The van der Waals surface area contributed by atoms with Gasteiger partial charge in [0.25, 0.3) is 0 Å². The van der Waals surface area contributed by atoms with Crippen LogP contribution in [0, 0.1) is 0 Å². The van der Waals surface area contributed by atoms with Crippen LogP contribution in [0.4, 0.5) is 11.8 Å². The maximum atomic E-state index is 6.01. The molecule has 9 heteroatoms. The van der Waals surface area contributed by atoms with E-state index in [0.29, 0.717) is 5.65 Å². The van der Waals surface area contributed by atoms with E-state index >= 15 is 0 Å². The lowest BCUT2D eigenvalue weighted by Gasteiger charge is -2.34. The van der Waals surface area contributed by atoms with Gasteiger partial charge in [-0.1, -0.05) is 4.98 Å². The van der Waals surface area contributed by atoms with Crippen LogP contribution in [0.2, 0.25) is 5.28 Å². The largest absolute Gasteiger partial charge is 0.350 e. The molecule has 0 amide bonds. The number of fused-ring (bicyclic) bond motifs is 1. The van der Waals surface area contributed by atoms with Crippen LogP contribution in [-0.4, -0.2) is 51.1 Å². The van der Waals surface area contributed by atoms with Crippen LogP contribution in [0.1, 0.15) is 0 Å². The van der Waals surface area contributed by atoms with Gasteiger partial charge in [-0.05, 0) is 17.7 Å². The van der Waals surface area contributed by atoms with Gasteiger partial charge in [0.1, 0.15) is 0 Å². The summed E-state index contributed by atoms with van der Waals surface area (Å²) in [5, 5.41) is 0.243. The van der Waals surface area contributed by atoms with Crippen molar-refractivity contribution in [3.8, 4) is 0 Å². The van der Waals surface area contributed by atoms with Gasteiger partial charge in [0.2, 0.25) is 11.5 Å². The average Bonchev–Trinajstić information content (AvgIpc) is 3.03. The summed E-state index contributed by atoms with van der Waals surface area (Å²) in [5.74, 6) is 1.59. The molecule has 1 fully saturated rings. The number of H-pyrrole nitrogens is 2. The van der Waals surface area contributed by atoms with Crippen LogP contribution in [0.5, 0.6) is 0 Å². The number of aromatic nitrogens is 6. The summed E-state index contributed by atoms with van der Waals surface area (Å²) < 4.78 is 0. The number of anilines is 2. The van der Waals surface area contributed by atoms with Gasteiger partial charge in [-0.3, -0.25) is 4.98 Å². The Bertz CT molecular complexity index is 781. The molecule has 22 heavy (non-hydrogen) atoms. The Morgan fingerprint density at radius 3 is 2.55 bits per heavy atom. The topological polar surface area (TPSA) is 88.0 Å². The molecule has 2 N–H and O–H groups in total. The van der Waals surface area contributed by atoms with E-state index in [-0.39, 0.29) is 5.28 Å². The van der Waals surface area contributed by atoms with E-state index in [9.17, 15) is 0 Å². The highest BCUT2D eigenvalue weighted by molar-refractivity contribution is 6.28. The van der Waals surface area contributed by atoms with Crippen molar-refractivity contribution in [1.29, 1.82) is 0 Å². The van der Waals surface area contributed by atoms with Crippen LogP contribution in [0.3, 0.4) is 0 Å². The van der Waals surface area contributed by atoms with Gasteiger partial charge in [0.05, 0.1) is 0 Å². The minimum atomic E-state index is 0.243. The summed E-state index contributed by atoms with van der Waals surface area (Å²) in [6.07, 6.45) is 5.25. The number of nitrogens with one attached hydrogen (secondary N) is 2. The van der Waals surface area contributed by atoms with Crippen LogP contribution in [-0.2, 0) is 0 Å². The van der Waals surface area contributed by atoms with Crippen molar-refractivity contribution in [2.75, 3.05) is 36.0 Å². The number of halogens is 1. The Labute approximate surface area is 131 Å². The predicted molar refractivity (Wildman–Crippen MR) is 81.9 cm³/mol. The first-order chi connectivity index (χ1) is 10.8. The minimum Gasteiger partial charge on any atom is -0.350 e. The zero-order valence-electron chi connectivity index (χ0n) is 11.7. The van der Waals surface area contributed by atoms with Gasteiger partial charge in [-0.2, -0.15) is 4.98 Å². The molecule has 1 aliphatic rings. The molecule has 3 aromatic heterocycles. The lowest BCUT2D eigenvalue weighted by molar-refractivity contribution is -0.347. The molecule has 4 heterocycles. The maximum absolute atomic E-state index is 6.01. The number of hydrogen-bond donors (Lipinski definition) is 1. The highest BCUT2D eigenvalue weighted by Gasteiger charge is 2.24. The Hall–Kier alpha value is -2.48. The summed E-state index contributed by atoms with van der Waals surface area (Å²) >= 11 is 6.01. The van der Waals surface area contributed by atoms with Crippen molar-refractivity contribution in [3.63, 3.8) is 0 Å². The zero-order valence-corrected chi connectivity index (χ0v) is 12.5. The molecule has 0 saturated carbocycles. The minimum absolute atomic E-state index is 0.243. The summed E-state index contributed by atoms with van der Waals surface area (Å²) in [6.45, 7) is 3.30. The number of aromatic amines is 2. The Morgan fingerprint density at radius 1 is 1.05 bits per heavy atom. The molecule has 1 aliphatic heterocycles. The van der Waals surface area contributed by atoms with E-state index in [1.54, 1.807) is 18.7 Å². The molecule has 0 bridgehead atoms. The molecule has 1 saturated heterocycles. The number of imidazole rings is 1. The molecule has 0 unspecified atom stereocenters. The average molecular weight is 318 g/mol. The van der Waals surface area contributed by atoms with Gasteiger partial charge in [-0.15, -0.1) is 0 Å². The molecule has 3 aromatic rings. The van der Waals surface area contributed by atoms with Gasteiger partial charge >= 0.3 is 10.9 Å². The van der Waals surface area contributed by atoms with Crippen molar-refractivity contribution < 1.29 is 4.98 Å². The van der Waals surface area contributed by atoms with E-state index < -0.39 is 0 Å². The molecule has 0 atom stereocenters. The molecule has 112 valence electrons.